The summed E-state index contributed by atoms with van der Waals surface area (Å²) >= 11 is 0. The summed E-state index contributed by atoms with van der Waals surface area (Å²) in [5, 5.41) is 0. The summed E-state index contributed by atoms with van der Waals surface area (Å²) in [5.74, 6) is 1.14. The van der Waals surface area contributed by atoms with Crippen molar-refractivity contribution in [3.8, 4) is 5.75 Å². The Morgan fingerprint density at radius 1 is 1.12 bits per heavy atom. The molecule has 2 aliphatic rings. The first-order valence-corrected chi connectivity index (χ1v) is 8.96. The van der Waals surface area contributed by atoms with Gasteiger partial charge < -0.3 is 9.64 Å². The second-order valence-corrected chi connectivity index (χ2v) is 7.27. The van der Waals surface area contributed by atoms with Crippen molar-refractivity contribution in [3.63, 3.8) is 0 Å². The quantitative estimate of drug-likeness (QED) is 0.849. The van der Waals surface area contributed by atoms with Crippen molar-refractivity contribution in [2.75, 3.05) is 33.8 Å². The number of methoxy groups -OCH3 is 1. The highest BCUT2D eigenvalue weighted by molar-refractivity contribution is 5.97. The molecule has 2 aromatic rings. The van der Waals surface area contributed by atoms with Gasteiger partial charge in [-0.25, -0.2) is 4.39 Å². The van der Waals surface area contributed by atoms with Crippen molar-refractivity contribution in [2.24, 2.45) is 11.8 Å². The van der Waals surface area contributed by atoms with Gasteiger partial charge in [0.2, 0.25) is 0 Å². The van der Waals surface area contributed by atoms with Gasteiger partial charge in [-0.1, -0.05) is 24.3 Å². The maximum atomic E-state index is 13.7. The van der Waals surface area contributed by atoms with Crippen molar-refractivity contribution < 1.29 is 13.9 Å². The SMILES string of the molecule is COc1ccccc1C(=O)N1C[C@@H]2CN(C)[C@@H](c3cccc(F)c3)[C@@H]2C1. The lowest BCUT2D eigenvalue weighted by molar-refractivity contribution is 0.0764. The molecule has 3 atom stereocenters. The number of rotatable bonds is 3. The Hall–Kier alpha value is -2.40. The molecular formula is C21H23FN2O2. The smallest absolute Gasteiger partial charge is 0.257 e. The van der Waals surface area contributed by atoms with Crippen LogP contribution in [0.3, 0.4) is 0 Å². The van der Waals surface area contributed by atoms with E-state index in [1.54, 1.807) is 19.2 Å². The van der Waals surface area contributed by atoms with Gasteiger partial charge in [0.25, 0.3) is 5.91 Å². The zero-order valence-electron chi connectivity index (χ0n) is 15.1. The van der Waals surface area contributed by atoms with Gasteiger partial charge >= 0.3 is 0 Å². The van der Waals surface area contributed by atoms with Crippen LogP contribution in [0.15, 0.2) is 48.5 Å². The minimum absolute atomic E-state index is 0.0116. The molecule has 2 aromatic carbocycles. The molecule has 26 heavy (non-hydrogen) atoms. The third kappa shape index (κ3) is 2.86. The fourth-order valence-corrected chi connectivity index (χ4v) is 4.61. The fraction of sp³-hybridized carbons (Fsp3) is 0.381. The highest BCUT2D eigenvalue weighted by atomic mass is 19.1. The number of benzene rings is 2. The van der Waals surface area contributed by atoms with Crippen molar-refractivity contribution in [3.05, 3.63) is 65.5 Å². The molecule has 0 N–H and O–H groups in total. The van der Waals surface area contributed by atoms with Crippen LogP contribution in [-0.4, -0.2) is 49.5 Å². The molecule has 2 fully saturated rings. The number of nitrogens with zero attached hydrogens (tertiary/aromatic N) is 2. The highest BCUT2D eigenvalue weighted by Crippen LogP contribution is 2.44. The standard InChI is InChI=1S/C21H23FN2O2/c1-23-11-15-12-24(21(25)17-8-3-4-9-19(17)26-2)13-18(15)20(23)14-6-5-7-16(22)10-14/h3-10,15,18,20H,11-13H2,1-2H3/t15-,18+,20-/m0/s1. The predicted molar refractivity (Wildman–Crippen MR) is 97.6 cm³/mol. The Labute approximate surface area is 153 Å². The van der Waals surface area contributed by atoms with E-state index in [0.717, 1.165) is 18.7 Å². The number of halogens is 1. The van der Waals surface area contributed by atoms with Crippen LogP contribution in [0.1, 0.15) is 22.0 Å². The van der Waals surface area contributed by atoms with Gasteiger partial charge in [-0.15, -0.1) is 0 Å². The van der Waals surface area contributed by atoms with Crippen LogP contribution in [0, 0.1) is 17.7 Å². The average Bonchev–Trinajstić information content (AvgIpc) is 3.17. The number of hydrogen-bond donors (Lipinski definition) is 0. The zero-order valence-corrected chi connectivity index (χ0v) is 15.1. The third-order valence-electron chi connectivity index (χ3n) is 5.71. The second-order valence-electron chi connectivity index (χ2n) is 7.27. The number of para-hydroxylation sites is 1. The number of carbonyl (C=O) groups excluding carboxylic acids is 1. The first-order valence-electron chi connectivity index (χ1n) is 8.96. The molecule has 4 rings (SSSR count). The minimum Gasteiger partial charge on any atom is -0.496 e. The molecule has 5 heteroatoms. The number of amides is 1. The van der Waals surface area contributed by atoms with Crippen LogP contribution < -0.4 is 4.74 Å². The monoisotopic (exact) mass is 354 g/mol. The molecule has 0 spiro atoms. The van der Waals surface area contributed by atoms with Crippen LogP contribution >= 0.6 is 0 Å². The minimum atomic E-state index is -0.209. The predicted octanol–water partition coefficient (Wildman–Crippen LogP) is 3.21. The highest BCUT2D eigenvalue weighted by Gasteiger charge is 2.47. The number of hydrogen-bond acceptors (Lipinski definition) is 3. The maximum absolute atomic E-state index is 13.7. The summed E-state index contributed by atoms with van der Waals surface area (Å²) in [4.78, 5) is 17.2. The molecule has 2 saturated heterocycles. The van der Waals surface area contributed by atoms with Gasteiger partial charge in [0, 0.05) is 31.6 Å². The fourth-order valence-electron chi connectivity index (χ4n) is 4.61. The summed E-state index contributed by atoms with van der Waals surface area (Å²) in [6.45, 7) is 2.34. The van der Waals surface area contributed by atoms with E-state index >= 15 is 0 Å². The van der Waals surface area contributed by atoms with E-state index in [0.29, 0.717) is 29.7 Å². The van der Waals surface area contributed by atoms with Crippen LogP contribution in [0.5, 0.6) is 5.75 Å². The summed E-state index contributed by atoms with van der Waals surface area (Å²) in [7, 11) is 3.67. The summed E-state index contributed by atoms with van der Waals surface area (Å²) in [5.41, 5.74) is 1.59. The van der Waals surface area contributed by atoms with Crippen LogP contribution in [-0.2, 0) is 0 Å². The van der Waals surface area contributed by atoms with E-state index in [2.05, 4.69) is 11.9 Å². The van der Waals surface area contributed by atoms with Crippen LogP contribution in [0.4, 0.5) is 4.39 Å². The van der Waals surface area contributed by atoms with Crippen molar-refractivity contribution in [1.29, 1.82) is 0 Å². The maximum Gasteiger partial charge on any atom is 0.257 e. The van der Waals surface area contributed by atoms with Gasteiger partial charge in [0.15, 0.2) is 0 Å². The molecule has 4 nitrogen and oxygen atoms in total. The van der Waals surface area contributed by atoms with Gasteiger partial charge in [0.1, 0.15) is 11.6 Å². The largest absolute Gasteiger partial charge is 0.496 e. The van der Waals surface area contributed by atoms with E-state index in [1.807, 2.05) is 35.2 Å². The molecule has 0 radical (unpaired) electrons. The van der Waals surface area contributed by atoms with E-state index in [-0.39, 0.29) is 17.8 Å². The van der Waals surface area contributed by atoms with Gasteiger partial charge in [0.05, 0.1) is 12.7 Å². The molecular weight excluding hydrogens is 331 g/mol. The lowest BCUT2D eigenvalue weighted by Crippen LogP contribution is -2.33. The lowest BCUT2D eigenvalue weighted by atomic mass is 9.89. The van der Waals surface area contributed by atoms with Crippen LogP contribution in [0.2, 0.25) is 0 Å². The first-order chi connectivity index (χ1) is 12.6. The Morgan fingerprint density at radius 3 is 2.69 bits per heavy atom. The second kappa shape index (κ2) is 6.72. The van der Waals surface area contributed by atoms with Gasteiger partial charge in [-0.2, -0.15) is 0 Å². The third-order valence-corrected chi connectivity index (χ3v) is 5.71. The molecule has 2 heterocycles. The summed E-state index contributed by atoms with van der Waals surface area (Å²) < 4.78 is 19.0. The number of ether oxygens (including phenoxy) is 1. The summed E-state index contributed by atoms with van der Waals surface area (Å²) in [6.07, 6.45) is 0. The molecule has 2 aliphatic heterocycles. The molecule has 0 aromatic heterocycles. The zero-order chi connectivity index (χ0) is 18.3. The lowest BCUT2D eigenvalue weighted by Gasteiger charge is -2.27. The molecule has 136 valence electrons. The number of carbonyl (C=O) groups is 1. The van der Waals surface area contributed by atoms with Gasteiger partial charge in [-0.05, 0) is 42.8 Å². The van der Waals surface area contributed by atoms with Gasteiger partial charge in [-0.3, -0.25) is 9.69 Å². The van der Waals surface area contributed by atoms with E-state index < -0.39 is 0 Å². The van der Waals surface area contributed by atoms with Crippen molar-refractivity contribution in [2.45, 2.75) is 6.04 Å². The van der Waals surface area contributed by atoms with E-state index in [1.165, 1.54) is 6.07 Å². The molecule has 0 aliphatic carbocycles. The van der Waals surface area contributed by atoms with Crippen molar-refractivity contribution >= 4 is 5.91 Å². The first kappa shape index (κ1) is 17.0. The number of fused-ring (bicyclic) bond motifs is 1. The Balaban J connectivity index is 1.57. The van der Waals surface area contributed by atoms with Crippen molar-refractivity contribution in [1.82, 2.24) is 9.80 Å². The Bertz CT molecular complexity index is 825. The Morgan fingerprint density at radius 2 is 1.92 bits per heavy atom. The normalized spacial score (nSPS) is 25.3. The molecule has 0 saturated carbocycles. The molecule has 0 unspecified atom stereocenters. The number of likely N-dealkylation sites (tertiary alicyclic amines) is 2. The molecule has 0 bridgehead atoms. The van der Waals surface area contributed by atoms with E-state index in [9.17, 15) is 9.18 Å². The average molecular weight is 354 g/mol. The topological polar surface area (TPSA) is 32.8 Å². The summed E-state index contributed by atoms with van der Waals surface area (Å²) in [6, 6.07) is 14.3. The molecule has 1 amide bonds. The Kier molecular flexibility index (Phi) is 4.41. The van der Waals surface area contributed by atoms with Crippen LogP contribution in [0.25, 0.3) is 0 Å². The van der Waals surface area contributed by atoms with E-state index in [4.69, 9.17) is 4.74 Å².